The zero-order valence-electron chi connectivity index (χ0n) is 36.2. The van der Waals surface area contributed by atoms with Crippen molar-refractivity contribution in [3.05, 3.63) is 130 Å². The fourth-order valence-corrected chi connectivity index (χ4v) is 8.73. The maximum atomic E-state index is 12.8. The molecule has 0 radical (unpaired) electrons. The minimum absolute atomic E-state index is 0. The molecule has 0 bridgehead atoms. The molecule has 4 atom stereocenters. The molecule has 4 aromatic rings. The van der Waals surface area contributed by atoms with Gasteiger partial charge in [0.2, 0.25) is 0 Å². The highest BCUT2D eigenvalue weighted by Crippen LogP contribution is 2.44. The summed E-state index contributed by atoms with van der Waals surface area (Å²) in [4.78, 5) is 61.7. The smallest absolute Gasteiger partial charge is 0.407 e. The van der Waals surface area contributed by atoms with Crippen LogP contribution in [-0.4, -0.2) is 68.7 Å². The largest absolute Gasteiger partial charge is 0.465 e. The first-order valence-corrected chi connectivity index (χ1v) is 21.3. The number of Topliss-reactive ketones (excluding diaryl/α,β-unsaturated/α-hetero) is 2. The molecule has 0 saturated carbocycles. The van der Waals surface area contributed by atoms with E-state index in [0.29, 0.717) is 38.2 Å². The van der Waals surface area contributed by atoms with Gasteiger partial charge in [0, 0.05) is 31.6 Å². The maximum Gasteiger partial charge on any atom is 0.407 e. The molecule has 10 nitrogen and oxygen atoms in total. The van der Waals surface area contributed by atoms with E-state index in [1.807, 2.05) is 48.5 Å². The highest BCUT2D eigenvalue weighted by atomic mass is 19.1. The number of ether oxygens (including phenoxy) is 3. The summed E-state index contributed by atoms with van der Waals surface area (Å²) in [7, 11) is -1.00. The van der Waals surface area contributed by atoms with Crippen molar-refractivity contribution in [1.29, 1.82) is 0 Å². The van der Waals surface area contributed by atoms with Crippen LogP contribution in [0.3, 0.4) is 0 Å². The number of aryl methyl sites for hydroxylation is 2. The summed E-state index contributed by atoms with van der Waals surface area (Å²) >= 11 is 0. The van der Waals surface area contributed by atoms with E-state index in [1.165, 1.54) is 22.3 Å². The number of halogens is 1. The number of carbonyl (C=O) groups excluding carboxylic acids is 5. The van der Waals surface area contributed by atoms with Gasteiger partial charge in [-0.25, -0.2) is 9.59 Å². The van der Waals surface area contributed by atoms with Gasteiger partial charge < -0.3 is 25.3 Å². The predicted molar refractivity (Wildman–Crippen MR) is 253 cm³/mol. The second-order valence-electron chi connectivity index (χ2n) is 15.6. The Hall–Kier alpha value is -5.68. The molecule has 7 rings (SSSR count). The third-order valence-electron chi connectivity index (χ3n) is 11.7. The first-order chi connectivity index (χ1) is 30.1. The molecule has 0 aliphatic heterocycles. The van der Waals surface area contributed by atoms with Crippen LogP contribution < -0.4 is 11.1 Å². The van der Waals surface area contributed by atoms with Gasteiger partial charge in [-0.1, -0.05) is 119 Å². The van der Waals surface area contributed by atoms with Crippen LogP contribution in [0.25, 0.3) is 11.1 Å². The predicted octanol–water partition coefficient (Wildman–Crippen LogP) is 10.8. The normalized spacial score (nSPS) is 15.8. The van der Waals surface area contributed by atoms with Gasteiger partial charge >= 0.3 is 18.0 Å². The Labute approximate surface area is 382 Å². The van der Waals surface area contributed by atoms with Crippen LogP contribution in [0, 0.1) is 0 Å². The lowest BCUT2D eigenvalue weighted by molar-refractivity contribution is -0.146. The molecule has 0 saturated heterocycles. The van der Waals surface area contributed by atoms with E-state index in [1.54, 1.807) is 13.8 Å². The molecule has 0 aromatic heterocycles. The van der Waals surface area contributed by atoms with E-state index in [4.69, 9.17) is 21.3 Å². The Morgan fingerprint density at radius 2 is 1.08 bits per heavy atom. The van der Waals surface area contributed by atoms with Crippen molar-refractivity contribution in [3.8, 4) is 11.1 Å². The fraction of sp³-hybridized carbons (Fsp3) is 0.453. The summed E-state index contributed by atoms with van der Waals surface area (Å²) in [6.07, 6.45) is 5.41. The van der Waals surface area contributed by atoms with Crippen LogP contribution >= 0.6 is 0 Å². The van der Waals surface area contributed by atoms with Gasteiger partial charge in [-0.05, 0) is 109 Å². The minimum atomic E-state index is -1.00. The molecule has 348 valence electrons. The zero-order valence-corrected chi connectivity index (χ0v) is 35.2. The quantitative estimate of drug-likeness (QED) is 0.0780. The number of amides is 1. The van der Waals surface area contributed by atoms with Crippen molar-refractivity contribution in [2.45, 2.75) is 130 Å². The molecule has 3 aliphatic carbocycles. The number of rotatable bonds is 17. The lowest BCUT2D eigenvalue weighted by Gasteiger charge is -2.19. The monoisotopic (exact) mass is 884 g/mol. The van der Waals surface area contributed by atoms with Gasteiger partial charge in [0.15, 0.2) is 0 Å². The summed E-state index contributed by atoms with van der Waals surface area (Å²) in [6.45, 7) is 4.11. The summed E-state index contributed by atoms with van der Waals surface area (Å²) in [6, 6.07) is 31.2. The summed E-state index contributed by atoms with van der Waals surface area (Å²) < 4.78 is 31.1. The van der Waals surface area contributed by atoms with Crippen LogP contribution in [0.5, 0.6) is 0 Å². The molecule has 0 spiro atoms. The van der Waals surface area contributed by atoms with Crippen molar-refractivity contribution in [1.82, 2.24) is 5.32 Å². The highest BCUT2D eigenvalue weighted by Gasteiger charge is 2.31. The number of hydrogen-bond donors (Lipinski definition) is 2. The van der Waals surface area contributed by atoms with Crippen LogP contribution in [0.15, 0.2) is 97.1 Å². The van der Waals surface area contributed by atoms with Gasteiger partial charge in [-0.2, -0.15) is 0 Å². The Balaban J connectivity index is 0.000000459. The number of ketones is 2. The third-order valence-corrected chi connectivity index (χ3v) is 11.7. The first-order valence-electron chi connectivity index (χ1n) is 22.0. The summed E-state index contributed by atoms with van der Waals surface area (Å²) in [5.74, 6) is -0.254. The molecular weight excluding hydrogens is 812 g/mol. The second kappa shape index (κ2) is 27.5. The van der Waals surface area contributed by atoms with Gasteiger partial charge in [0.25, 0.3) is 0 Å². The van der Waals surface area contributed by atoms with Crippen molar-refractivity contribution >= 4 is 29.6 Å². The lowest BCUT2D eigenvalue weighted by atomic mass is 9.93. The maximum absolute atomic E-state index is 12.8. The summed E-state index contributed by atoms with van der Waals surface area (Å²) in [5.41, 5.74) is 15.5. The van der Waals surface area contributed by atoms with Gasteiger partial charge in [0.1, 0.15) is 30.3 Å². The van der Waals surface area contributed by atoms with Crippen LogP contribution in [0.1, 0.15) is 140 Å². The molecule has 4 aromatic carbocycles. The molecule has 11 heteroatoms. The first kappa shape index (κ1) is 52.7. The van der Waals surface area contributed by atoms with E-state index < -0.39 is 37.3 Å². The highest BCUT2D eigenvalue weighted by molar-refractivity contribution is 5.84. The van der Waals surface area contributed by atoms with E-state index in [9.17, 15) is 28.4 Å². The molecule has 0 fully saturated rings. The standard InChI is InChI=1S/C32H33NO5.C17H23NO3.CH3F.3CH4/c1-2-37-31(35)30(18-17-23(34)19-22-16-15-21-9-3-4-10-24(21)22)33-32(36)38-20-29-27-13-7-5-11-25(27)26-12-6-8-14-28(26)29;1-2-21-17(20)16(18)10-9-14(19)11-13-8-7-12-5-3-4-6-15(12)13;1-2;;;/h3-14,22,29-30H,2,15-20H2,1H3,(H,33,36);3-6,13,16H,2,7-11,18H2,1H3;1H3;3*1H4/t22-,30-;13-,16-;;;;/m00..../s1/i;;1D;;;. The van der Waals surface area contributed by atoms with Crippen molar-refractivity contribution in [2.75, 3.05) is 27.0 Å². The Bertz CT molecular complexity index is 2100. The average molecular weight is 884 g/mol. The van der Waals surface area contributed by atoms with Crippen molar-refractivity contribution in [2.24, 2.45) is 5.73 Å². The molecule has 3 aliphatic rings. The van der Waals surface area contributed by atoms with E-state index in [0.717, 1.165) is 47.9 Å². The van der Waals surface area contributed by atoms with Gasteiger partial charge in [0.05, 0.1) is 21.7 Å². The van der Waals surface area contributed by atoms with Crippen LogP contribution in [-0.2, 0) is 46.2 Å². The number of hydrogen-bond acceptors (Lipinski definition) is 9. The number of esters is 2. The molecule has 0 heterocycles. The molecular formula is C53H71FN2O8. The number of nitrogens with two attached hydrogens (primary N) is 1. The molecule has 0 unspecified atom stereocenters. The second-order valence-corrected chi connectivity index (χ2v) is 15.6. The molecule has 1 amide bonds. The fourth-order valence-electron chi connectivity index (χ4n) is 8.73. The SMILES string of the molecule is C.C.C.CCOC(=O)[C@@H](N)CCC(=O)C[C@@H]1CCc2ccccc21.CCOC(=O)[C@H](CCC(=O)C[C@@H]1CCc2ccccc21)NC(=O)OCC1c2ccccc2-c2ccccc21.[2H]CF. The zero-order chi connectivity index (χ0) is 44.4. The van der Waals surface area contributed by atoms with Crippen molar-refractivity contribution in [3.63, 3.8) is 0 Å². The number of benzene rings is 4. The number of alkyl halides is 1. The van der Waals surface area contributed by atoms with Crippen LogP contribution in [0.4, 0.5) is 9.18 Å². The Kier molecular flexibility index (Phi) is 22.6. The molecule has 3 N–H and O–H groups in total. The van der Waals surface area contributed by atoms with Crippen LogP contribution in [0.2, 0.25) is 0 Å². The lowest BCUT2D eigenvalue weighted by Crippen LogP contribution is -2.42. The third kappa shape index (κ3) is 14.4. The number of carbonyl (C=O) groups is 5. The van der Waals surface area contributed by atoms with Gasteiger partial charge in [-0.3, -0.25) is 18.8 Å². The van der Waals surface area contributed by atoms with E-state index in [-0.39, 0.29) is 71.7 Å². The minimum Gasteiger partial charge on any atom is -0.465 e. The van der Waals surface area contributed by atoms with Gasteiger partial charge in [-0.15, -0.1) is 0 Å². The average Bonchev–Trinajstić information content (AvgIpc) is 3.98. The molecule has 64 heavy (non-hydrogen) atoms. The number of fused-ring (bicyclic) bond motifs is 5. The number of alkyl carbamates (subject to hydrolysis) is 1. The Morgan fingerprint density at radius 1 is 0.656 bits per heavy atom. The summed E-state index contributed by atoms with van der Waals surface area (Å²) in [5, 5.41) is 2.65. The van der Waals surface area contributed by atoms with Crippen molar-refractivity contribution < 1.29 is 43.9 Å². The topological polar surface area (TPSA) is 151 Å². The van der Waals surface area contributed by atoms with E-state index >= 15 is 0 Å². The van der Waals surface area contributed by atoms with E-state index in [2.05, 4.69) is 53.8 Å². The Morgan fingerprint density at radius 3 is 1.56 bits per heavy atom. The number of nitrogens with one attached hydrogen (secondary N) is 1.